The molecule has 5 nitrogen and oxygen atoms in total. The second-order valence-electron chi connectivity index (χ2n) is 3.74. The van der Waals surface area contributed by atoms with E-state index in [1.54, 1.807) is 12.1 Å². The number of carbonyl (C=O) groups excluding carboxylic acids is 1. The highest BCUT2D eigenvalue weighted by Gasteiger charge is 2.13. The van der Waals surface area contributed by atoms with Crippen molar-refractivity contribution in [1.82, 2.24) is 9.97 Å². The summed E-state index contributed by atoms with van der Waals surface area (Å²) in [6.07, 6.45) is 1.20. The van der Waals surface area contributed by atoms with Crippen molar-refractivity contribution in [3.05, 3.63) is 45.7 Å². The van der Waals surface area contributed by atoms with E-state index in [4.69, 9.17) is 28.3 Å². The third-order valence-electron chi connectivity index (χ3n) is 2.35. The number of ketones is 1. The minimum absolute atomic E-state index is 0.0236. The van der Waals surface area contributed by atoms with Crippen LogP contribution in [0.1, 0.15) is 20.8 Å². The molecule has 0 aliphatic carbocycles. The van der Waals surface area contributed by atoms with Gasteiger partial charge in [-0.2, -0.15) is 0 Å². The molecular formula is C12H8Cl2N2O3S. The van der Waals surface area contributed by atoms with Gasteiger partial charge in [0.15, 0.2) is 10.9 Å². The number of hydrogen-bond acceptors (Lipinski definition) is 4. The zero-order chi connectivity index (χ0) is 14.7. The maximum absolute atomic E-state index is 12.0. The van der Waals surface area contributed by atoms with E-state index in [9.17, 15) is 9.59 Å². The number of H-pyrrole nitrogens is 1. The molecule has 0 saturated carbocycles. The van der Waals surface area contributed by atoms with E-state index < -0.39 is 5.97 Å². The van der Waals surface area contributed by atoms with E-state index >= 15 is 0 Å². The highest BCUT2D eigenvalue weighted by Crippen LogP contribution is 2.23. The summed E-state index contributed by atoms with van der Waals surface area (Å²) in [6.45, 7) is 0. The first-order valence-corrected chi connectivity index (χ1v) is 7.11. The summed E-state index contributed by atoms with van der Waals surface area (Å²) in [5.41, 5.74) is 0.345. The van der Waals surface area contributed by atoms with Crippen LogP contribution in [-0.2, 0) is 0 Å². The lowest BCUT2D eigenvalue weighted by molar-refractivity contribution is 0.0690. The highest BCUT2D eigenvalue weighted by molar-refractivity contribution is 7.99. The molecule has 2 N–H and O–H groups in total. The van der Waals surface area contributed by atoms with Crippen LogP contribution in [-0.4, -0.2) is 32.6 Å². The number of nitrogens with zero attached hydrogens (tertiary/aromatic N) is 1. The number of carboxylic acids is 1. The van der Waals surface area contributed by atoms with Crippen LogP contribution in [0.5, 0.6) is 0 Å². The largest absolute Gasteiger partial charge is 0.477 e. The number of carboxylic acid groups (broad SMARTS) is 1. The van der Waals surface area contributed by atoms with Crippen molar-refractivity contribution in [2.45, 2.75) is 5.16 Å². The Labute approximate surface area is 128 Å². The number of halogens is 2. The molecule has 0 fully saturated rings. The Morgan fingerprint density at radius 2 is 2.10 bits per heavy atom. The van der Waals surface area contributed by atoms with Crippen molar-refractivity contribution in [2.75, 3.05) is 5.75 Å². The van der Waals surface area contributed by atoms with Gasteiger partial charge in [-0.3, -0.25) is 4.79 Å². The van der Waals surface area contributed by atoms with E-state index in [1.807, 2.05) is 0 Å². The Hall–Kier alpha value is -1.50. The molecule has 0 amide bonds. The predicted molar refractivity (Wildman–Crippen MR) is 77.1 cm³/mol. The van der Waals surface area contributed by atoms with E-state index in [0.717, 1.165) is 11.8 Å². The monoisotopic (exact) mass is 330 g/mol. The summed E-state index contributed by atoms with van der Waals surface area (Å²) in [4.78, 5) is 29.1. The number of nitrogens with one attached hydrogen (secondary N) is 1. The van der Waals surface area contributed by atoms with Gasteiger partial charge in [0.2, 0.25) is 0 Å². The van der Waals surface area contributed by atoms with Crippen LogP contribution < -0.4 is 0 Å². The molecule has 2 rings (SSSR count). The van der Waals surface area contributed by atoms with E-state index in [-0.39, 0.29) is 22.3 Å². The second kappa shape index (κ2) is 6.30. The molecule has 104 valence electrons. The van der Waals surface area contributed by atoms with Crippen molar-refractivity contribution in [2.24, 2.45) is 0 Å². The molecule has 8 heteroatoms. The number of aromatic nitrogens is 2. The Bertz CT molecular complexity index is 672. The molecular weight excluding hydrogens is 323 g/mol. The van der Waals surface area contributed by atoms with Gasteiger partial charge < -0.3 is 10.1 Å². The number of hydrogen-bond donors (Lipinski definition) is 2. The Balaban J connectivity index is 2.02. The molecule has 0 unspecified atom stereocenters. The predicted octanol–water partition coefficient (Wildman–Crippen LogP) is 3.39. The fourth-order valence-corrected chi connectivity index (χ4v) is 2.66. The zero-order valence-corrected chi connectivity index (χ0v) is 12.2. The topological polar surface area (TPSA) is 83.0 Å². The molecule has 0 saturated heterocycles. The van der Waals surface area contributed by atoms with Crippen LogP contribution in [0.4, 0.5) is 0 Å². The quantitative estimate of drug-likeness (QED) is 0.648. The third-order valence-corrected chi connectivity index (χ3v) is 3.79. The van der Waals surface area contributed by atoms with Crippen LogP contribution >= 0.6 is 35.0 Å². The van der Waals surface area contributed by atoms with Gasteiger partial charge >= 0.3 is 5.97 Å². The molecule has 1 heterocycles. The van der Waals surface area contributed by atoms with Crippen molar-refractivity contribution in [3.63, 3.8) is 0 Å². The fourth-order valence-electron chi connectivity index (χ4n) is 1.41. The van der Waals surface area contributed by atoms with Crippen molar-refractivity contribution >= 4 is 46.7 Å². The molecule has 0 spiro atoms. The lowest BCUT2D eigenvalue weighted by Gasteiger charge is -2.02. The van der Waals surface area contributed by atoms with Crippen LogP contribution in [0, 0.1) is 0 Å². The molecule has 0 bridgehead atoms. The van der Waals surface area contributed by atoms with E-state index in [1.165, 1.54) is 12.3 Å². The molecule has 1 aromatic heterocycles. The number of rotatable bonds is 5. The SMILES string of the molecule is O=C(O)c1cnc(SCC(=O)c2ccc(Cl)cc2Cl)[nH]1. The van der Waals surface area contributed by atoms with Gasteiger partial charge in [-0.15, -0.1) is 0 Å². The first-order valence-electron chi connectivity index (χ1n) is 5.36. The molecule has 0 aliphatic heterocycles. The molecule has 0 atom stereocenters. The third kappa shape index (κ3) is 3.53. The smallest absolute Gasteiger partial charge is 0.353 e. The van der Waals surface area contributed by atoms with Gasteiger partial charge in [-0.1, -0.05) is 35.0 Å². The Morgan fingerprint density at radius 3 is 2.70 bits per heavy atom. The number of imidazole rings is 1. The molecule has 20 heavy (non-hydrogen) atoms. The summed E-state index contributed by atoms with van der Waals surface area (Å²) in [7, 11) is 0. The van der Waals surface area contributed by atoms with Crippen LogP contribution in [0.3, 0.4) is 0 Å². The average molecular weight is 331 g/mol. The maximum atomic E-state index is 12.0. The summed E-state index contributed by atoms with van der Waals surface area (Å²) in [5.74, 6) is -1.20. The lowest BCUT2D eigenvalue weighted by Crippen LogP contribution is -2.03. The lowest BCUT2D eigenvalue weighted by atomic mass is 10.1. The first kappa shape index (κ1) is 14.9. The summed E-state index contributed by atoms with van der Waals surface area (Å²) < 4.78 is 0. The average Bonchev–Trinajstić information content (AvgIpc) is 2.85. The summed E-state index contributed by atoms with van der Waals surface area (Å²) >= 11 is 12.8. The minimum atomic E-state index is -1.10. The van der Waals surface area contributed by atoms with Crippen molar-refractivity contribution in [1.29, 1.82) is 0 Å². The van der Waals surface area contributed by atoms with E-state index in [0.29, 0.717) is 15.7 Å². The van der Waals surface area contributed by atoms with Gasteiger partial charge in [0.25, 0.3) is 0 Å². The zero-order valence-electron chi connectivity index (χ0n) is 9.89. The van der Waals surface area contributed by atoms with Gasteiger partial charge in [0.05, 0.1) is 17.0 Å². The molecule has 2 aromatic rings. The number of benzene rings is 1. The number of aromatic amines is 1. The standard InChI is InChI=1S/C12H8Cl2N2O3S/c13-6-1-2-7(8(14)3-6)10(17)5-20-12-15-4-9(16-12)11(18)19/h1-4H,5H2,(H,15,16)(H,18,19). The Kier molecular flexibility index (Phi) is 4.69. The first-order chi connectivity index (χ1) is 9.47. The highest BCUT2D eigenvalue weighted by atomic mass is 35.5. The van der Waals surface area contributed by atoms with Crippen LogP contribution in [0.15, 0.2) is 29.6 Å². The van der Waals surface area contributed by atoms with Crippen LogP contribution in [0.2, 0.25) is 10.0 Å². The summed E-state index contributed by atoms with van der Waals surface area (Å²) in [5, 5.41) is 9.84. The van der Waals surface area contributed by atoms with Crippen LogP contribution in [0.25, 0.3) is 0 Å². The molecule has 0 aliphatic rings. The number of Topliss-reactive ketones (excluding diaryl/α,β-unsaturated/α-hetero) is 1. The van der Waals surface area contributed by atoms with Gasteiger partial charge in [0.1, 0.15) is 5.69 Å². The van der Waals surface area contributed by atoms with Gasteiger partial charge in [0, 0.05) is 10.6 Å². The Morgan fingerprint density at radius 1 is 1.35 bits per heavy atom. The minimum Gasteiger partial charge on any atom is -0.477 e. The van der Waals surface area contributed by atoms with E-state index in [2.05, 4.69) is 9.97 Å². The van der Waals surface area contributed by atoms with Gasteiger partial charge in [-0.05, 0) is 18.2 Å². The normalized spacial score (nSPS) is 10.5. The number of carbonyl (C=O) groups is 2. The fraction of sp³-hybridized carbons (Fsp3) is 0.0833. The second-order valence-corrected chi connectivity index (χ2v) is 5.55. The number of aromatic carboxylic acids is 1. The molecule has 1 aromatic carbocycles. The van der Waals surface area contributed by atoms with Gasteiger partial charge in [-0.25, -0.2) is 9.78 Å². The maximum Gasteiger partial charge on any atom is 0.353 e. The summed E-state index contributed by atoms with van der Waals surface area (Å²) in [6, 6.07) is 4.63. The number of thioether (sulfide) groups is 1. The van der Waals surface area contributed by atoms with Crippen molar-refractivity contribution < 1.29 is 14.7 Å². The van der Waals surface area contributed by atoms with Crippen molar-refractivity contribution in [3.8, 4) is 0 Å². The molecule has 0 radical (unpaired) electrons.